The highest BCUT2D eigenvalue weighted by molar-refractivity contribution is 5.46. The van der Waals surface area contributed by atoms with Gasteiger partial charge in [0.05, 0.1) is 12.6 Å². The number of hydrogen-bond acceptors (Lipinski definition) is 2. The maximum Gasteiger partial charge on any atom is 0.0747 e. The maximum atomic E-state index is 5.29. The molecule has 94 valence electrons. The van der Waals surface area contributed by atoms with Crippen LogP contribution in [0.5, 0.6) is 0 Å². The predicted octanol–water partition coefficient (Wildman–Crippen LogP) is 3.79. The Kier molecular flexibility index (Phi) is 4.37. The van der Waals surface area contributed by atoms with E-state index in [1.165, 1.54) is 11.1 Å². The smallest absolute Gasteiger partial charge is 0.0747 e. The van der Waals surface area contributed by atoms with Gasteiger partial charge in [0.15, 0.2) is 0 Å². The van der Waals surface area contributed by atoms with E-state index in [4.69, 9.17) is 4.74 Å². The van der Waals surface area contributed by atoms with E-state index in [0.717, 1.165) is 5.69 Å². The van der Waals surface area contributed by atoms with Crippen LogP contribution in [0.25, 0.3) is 0 Å². The van der Waals surface area contributed by atoms with Gasteiger partial charge < -0.3 is 10.1 Å². The molecule has 0 aromatic heterocycles. The molecule has 0 fully saturated rings. The van der Waals surface area contributed by atoms with E-state index in [0.29, 0.717) is 6.61 Å². The van der Waals surface area contributed by atoms with Crippen molar-refractivity contribution in [2.24, 2.45) is 0 Å². The third-order valence-corrected chi connectivity index (χ3v) is 2.93. The lowest BCUT2D eigenvalue weighted by atomic mass is 10.1. The van der Waals surface area contributed by atoms with Crippen molar-refractivity contribution in [2.75, 3.05) is 19.0 Å². The van der Waals surface area contributed by atoms with Crippen LogP contribution in [-0.4, -0.2) is 13.7 Å². The zero-order chi connectivity index (χ0) is 12.8. The summed E-state index contributed by atoms with van der Waals surface area (Å²) in [6, 6.07) is 19.0. The van der Waals surface area contributed by atoms with Crippen LogP contribution >= 0.6 is 0 Å². The van der Waals surface area contributed by atoms with E-state index in [-0.39, 0.29) is 6.04 Å². The molecule has 0 aliphatic rings. The van der Waals surface area contributed by atoms with Crippen molar-refractivity contribution >= 4 is 5.69 Å². The van der Waals surface area contributed by atoms with Crippen LogP contribution in [0.4, 0.5) is 5.69 Å². The van der Waals surface area contributed by atoms with Gasteiger partial charge in [-0.3, -0.25) is 0 Å². The Bertz CT molecular complexity index is 464. The number of aryl methyl sites for hydroxylation is 1. The third-order valence-electron chi connectivity index (χ3n) is 2.93. The molecule has 0 saturated carbocycles. The highest BCUT2D eigenvalue weighted by atomic mass is 16.5. The molecule has 0 saturated heterocycles. The predicted molar refractivity (Wildman–Crippen MR) is 75.9 cm³/mol. The van der Waals surface area contributed by atoms with Gasteiger partial charge >= 0.3 is 0 Å². The van der Waals surface area contributed by atoms with Gasteiger partial charge in [-0.2, -0.15) is 0 Å². The zero-order valence-corrected chi connectivity index (χ0v) is 10.9. The fourth-order valence-corrected chi connectivity index (χ4v) is 1.92. The van der Waals surface area contributed by atoms with Crippen molar-refractivity contribution in [3.63, 3.8) is 0 Å². The Hall–Kier alpha value is -1.80. The Labute approximate surface area is 109 Å². The standard InChI is InChI=1S/C16H19NO/c1-13-8-10-15(11-9-13)17-16(12-18-2)14-6-4-3-5-7-14/h3-11,16-17H,12H2,1-2H3. The van der Waals surface area contributed by atoms with Crippen LogP contribution < -0.4 is 5.32 Å². The minimum absolute atomic E-state index is 0.180. The van der Waals surface area contributed by atoms with Gasteiger partial charge in [-0.1, -0.05) is 48.0 Å². The average molecular weight is 241 g/mol. The number of anilines is 1. The first-order valence-electron chi connectivity index (χ1n) is 6.16. The number of nitrogens with one attached hydrogen (secondary N) is 1. The molecule has 2 aromatic rings. The monoisotopic (exact) mass is 241 g/mol. The van der Waals surface area contributed by atoms with Gasteiger partial charge in [-0.05, 0) is 24.6 Å². The summed E-state index contributed by atoms with van der Waals surface area (Å²) in [5.74, 6) is 0. The number of ether oxygens (including phenoxy) is 1. The van der Waals surface area contributed by atoms with Gasteiger partial charge in [0, 0.05) is 12.8 Å². The van der Waals surface area contributed by atoms with Gasteiger partial charge in [0.2, 0.25) is 0 Å². The first-order valence-corrected chi connectivity index (χ1v) is 6.16. The lowest BCUT2D eigenvalue weighted by Crippen LogP contribution is -2.16. The summed E-state index contributed by atoms with van der Waals surface area (Å²) in [4.78, 5) is 0. The van der Waals surface area contributed by atoms with Gasteiger partial charge in [-0.15, -0.1) is 0 Å². The first-order chi connectivity index (χ1) is 8.79. The van der Waals surface area contributed by atoms with Crippen molar-refractivity contribution in [1.82, 2.24) is 0 Å². The molecule has 18 heavy (non-hydrogen) atoms. The van der Waals surface area contributed by atoms with Crippen LogP contribution in [0.15, 0.2) is 54.6 Å². The van der Waals surface area contributed by atoms with Gasteiger partial charge in [-0.25, -0.2) is 0 Å². The van der Waals surface area contributed by atoms with E-state index in [1.54, 1.807) is 7.11 Å². The third kappa shape index (κ3) is 3.34. The van der Waals surface area contributed by atoms with Crippen LogP contribution in [0.3, 0.4) is 0 Å². The van der Waals surface area contributed by atoms with Crippen molar-refractivity contribution < 1.29 is 4.74 Å². The molecule has 1 atom stereocenters. The highest BCUT2D eigenvalue weighted by Crippen LogP contribution is 2.20. The fraction of sp³-hybridized carbons (Fsp3) is 0.250. The Morgan fingerprint density at radius 3 is 2.28 bits per heavy atom. The van der Waals surface area contributed by atoms with Gasteiger partial charge in [0.25, 0.3) is 0 Å². The molecule has 0 spiro atoms. The first kappa shape index (κ1) is 12.7. The number of methoxy groups -OCH3 is 1. The largest absolute Gasteiger partial charge is 0.382 e. The number of rotatable bonds is 5. The topological polar surface area (TPSA) is 21.3 Å². The fourth-order valence-electron chi connectivity index (χ4n) is 1.92. The van der Waals surface area contributed by atoms with E-state index in [9.17, 15) is 0 Å². The second-order valence-corrected chi connectivity index (χ2v) is 4.43. The van der Waals surface area contributed by atoms with Crippen LogP contribution in [0.2, 0.25) is 0 Å². The van der Waals surface area contributed by atoms with E-state index >= 15 is 0 Å². The second kappa shape index (κ2) is 6.22. The lowest BCUT2D eigenvalue weighted by Gasteiger charge is -2.19. The summed E-state index contributed by atoms with van der Waals surface area (Å²) in [5, 5.41) is 3.50. The van der Waals surface area contributed by atoms with Crippen LogP contribution in [0.1, 0.15) is 17.2 Å². The molecular weight excluding hydrogens is 222 g/mol. The zero-order valence-electron chi connectivity index (χ0n) is 10.9. The molecule has 1 N–H and O–H groups in total. The van der Waals surface area contributed by atoms with Crippen molar-refractivity contribution in [3.8, 4) is 0 Å². The highest BCUT2D eigenvalue weighted by Gasteiger charge is 2.10. The Morgan fingerprint density at radius 2 is 1.67 bits per heavy atom. The Balaban J connectivity index is 2.14. The summed E-state index contributed by atoms with van der Waals surface area (Å²) in [6.07, 6.45) is 0. The normalized spacial score (nSPS) is 12.1. The van der Waals surface area contributed by atoms with E-state index < -0.39 is 0 Å². The summed E-state index contributed by atoms with van der Waals surface area (Å²) < 4.78 is 5.29. The van der Waals surface area contributed by atoms with Crippen LogP contribution in [0, 0.1) is 6.92 Å². The van der Waals surface area contributed by atoms with E-state index in [2.05, 4.69) is 60.8 Å². The maximum absolute atomic E-state index is 5.29. The van der Waals surface area contributed by atoms with Crippen molar-refractivity contribution in [2.45, 2.75) is 13.0 Å². The molecule has 0 heterocycles. The SMILES string of the molecule is COCC(Nc1ccc(C)cc1)c1ccccc1. The summed E-state index contributed by atoms with van der Waals surface area (Å²) >= 11 is 0. The minimum Gasteiger partial charge on any atom is -0.382 e. The summed E-state index contributed by atoms with van der Waals surface area (Å²) in [6.45, 7) is 2.74. The van der Waals surface area contributed by atoms with Crippen LogP contribution in [-0.2, 0) is 4.74 Å². The molecule has 2 rings (SSSR count). The summed E-state index contributed by atoms with van der Waals surface area (Å²) in [5.41, 5.74) is 3.62. The molecule has 2 nitrogen and oxygen atoms in total. The Morgan fingerprint density at radius 1 is 1.00 bits per heavy atom. The average Bonchev–Trinajstić information content (AvgIpc) is 2.42. The molecule has 0 bridgehead atoms. The number of hydrogen-bond donors (Lipinski definition) is 1. The molecule has 0 amide bonds. The number of benzene rings is 2. The molecular formula is C16H19NO. The molecule has 2 heteroatoms. The molecule has 1 unspecified atom stereocenters. The lowest BCUT2D eigenvalue weighted by molar-refractivity contribution is 0.186. The summed E-state index contributed by atoms with van der Waals surface area (Å²) in [7, 11) is 1.73. The van der Waals surface area contributed by atoms with Crippen molar-refractivity contribution in [1.29, 1.82) is 0 Å². The van der Waals surface area contributed by atoms with Gasteiger partial charge in [0.1, 0.15) is 0 Å². The quantitative estimate of drug-likeness (QED) is 0.859. The second-order valence-electron chi connectivity index (χ2n) is 4.43. The molecule has 0 aliphatic heterocycles. The molecule has 0 radical (unpaired) electrons. The van der Waals surface area contributed by atoms with Crippen molar-refractivity contribution in [3.05, 3.63) is 65.7 Å². The van der Waals surface area contributed by atoms with E-state index in [1.807, 2.05) is 6.07 Å². The molecule has 0 aliphatic carbocycles. The molecule has 2 aromatic carbocycles. The minimum atomic E-state index is 0.180.